The third kappa shape index (κ3) is 6.49. The number of amides is 1. The minimum absolute atomic E-state index is 0.137. The van der Waals surface area contributed by atoms with E-state index in [1.165, 1.54) is 18.4 Å². The molecule has 0 unspecified atom stereocenters. The molecule has 4 heteroatoms. The molecule has 1 fully saturated rings. The van der Waals surface area contributed by atoms with Crippen LogP contribution in [0.2, 0.25) is 5.02 Å². The monoisotopic (exact) mass is 308 g/mol. The number of rotatable bonds is 9. The maximum absolute atomic E-state index is 12.0. The van der Waals surface area contributed by atoms with Gasteiger partial charge in [0.1, 0.15) is 0 Å². The van der Waals surface area contributed by atoms with Crippen LogP contribution in [0.25, 0.3) is 0 Å². The number of nitrogens with one attached hydrogen (secondary N) is 1. The van der Waals surface area contributed by atoms with Crippen molar-refractivity contribution in [1.82, 2.24) is 10.2 Å². The van der Waals surface area contributed by atoms with Crippen LogP contribution in [0.1, 0.15) is 31.7 Å². The molecule has 1 aliphatic carbocycles. The first kappa shape index (κ1) is 16.3. The van der Waals surface area contributed by atoms with Crippen molar-refractivity contribution in [3.63, 3.8) is 0 Å². The first-order chi connectivity index (χ1) is 10.2. The fraction of sp³-hybridized carbons (Fsp3) is 0.588. The van der Waals surface area contributed by atoms with Gasteiger partial charge in [-0.15, -0.1) is 0 Å². The molecule has 0 atom stereocenters. The standard InChI is InChI=1S/C17H25ClN2O/c1-2-11-20(12-15-3-4-15)13-17(21)19-10-9-14-5-7-16(18)8-6-14/h5-8,15H,2-4,9-13H2,1H3,(H,19,21). The van der Waals surface area contributed by atoms with E-state index in [0.717, 1.165) is 36.9 Å². The minimum Gasteiger partial charge on any atom is -0.355 e. The lowest BCUT2D eigenvalue weighted by Crippen LogP contribution is -2.39. The lowest BCUT2D eigenvalue weighted by atomic mass is 10.1. The highest BCUT2D eigenvalue weighted by Gasteiger charge is 2.24. The van der Waals surface area contributed by atoms with Crippen molar-refractivity contribution in [1.29, 1.82) is 0 Å². The molecule has 0 bridgehead atoms. The Kier molecular flexibility index (Phi) is 6.52. The molecule has 1 aromatic rings. The number of hydrogen-bond acceptors (Lipinski definition) is 2. The third-order valence-corrected chi connectivity index (χ3v) is 4.02. The Morgan fingerprint density at radius 3 is 2.67 bits per heavy atom. The molecule has 21 heavy (non-hydrogen) atoms. The predicted octanol–water partition coefficient (Wildman–Crippen LogP) is 3.12. The molecule has 0 spiro atoms. The molecule has 0 aliphatic heterocycles. The quantitative estimate of drug-likeness (QED) is 0.760. The zero-order valence-electron chi connectivity index (χ0n) is 12.8. The lowest BCUT2D eigenvalue weighted by molar-refractivity contribution is -0.122. The molecule has 2 rings (SSSR count). The Morgan fingerprint density at radius 1 is 1.33 bits per heavy atom. The van der Waals surface area contributed by atoms with Crippen LogP contribution in [0.5, 0.6) is 0 Å². The van der Waals surface area contributed by atoms with E-state index in [9.17, 15) is 4.79 Å². The van der Waals surface area contributed by atoms with Gasteiger partial charge in [0.15, 0.2) is 0 Å². The Labute approximate surface area is 132 Å². The van der Waals surface area contributed by atoms with E-state index >= 15 is 0 Å². The van der Waals surface area contributed by atoms with Crippen LogP contribution in [0.15, 0.2) is 24.3 Å². The molecule has 1 aliphatic rings. The van der Waals surface area contributed by atoms with Gasteiger partial charge in [0, 0.05) is 18.1 Å². The zero-order valence-corrected chi connectivity index (χ0v) is 13.5. The van der Waals surface area contributed by atoms with Crippen LogP contribution in [0.3, 0.4) is 0 Å². The van der Waals surface area contributed by atoms with Gasteiger partial charge in [-0.05, 0) is 55.8 Å². The van der Waals surface area contributed by atoms with Crippen LogP contribution in [-0.2, 0) is 11.2 Å². The molecule has 1 N–H and O–H groups in total. The van der Waals surface area contributed by atoms with Gasteiger partial charge in [0.2, 0.25) is 5.91 Å². The summed E-state index contributed by atoms with van der Waals surface area (Å²) in [6.45, 7) is 5.48. The summed E-state index contributed by atoms with van der Waals surface area (Å²) in [7, 11) is 0. The maximum Gasteiger partial charge on any atom is 0.234 e. The number of carbonyl (C=O) groups is 1. The first-order valence-corrected chi connectivity index (χ1v) is 8.28. The molecule has 116 valence electrons. The topological polar surface area (TPSA) is 32.3 Å². The summed E-state index contributed by atoms with van der Waals surface area (Å²) in [5, 5.41) is 3.76. The largest absolute Gasteiger partial charge is 0.355 e. The van der Waals surface area contributed by atoms with Crippen molar-refractivity contribution in [2.45, 2.75) is 32.6 Å². The SMILES string of the molecule is CCCN(CC(=O)NCCc1ccc(Cl)cc1)CC1CC1. The van der Waals surface area contributed by atoms with E-state index < -0.39 is 0 Å². The average molecular weight is 309 g/mol. The Hall–Kier alpha value is -1.06. The van der Waals surface area contributed by atoms with Crippen molar-refractivity contribution in [3.8, 4) is 0 Å². The fourth-order valence-electron chi connectivity index (χ4n) is 2.47. The maximum atomic E-state index is 12.0. The van der Waals surface area contributed by atoms with Gasteiger partial charge in [0.05, 0.1) is 6.54 Å². The van der Waals surface area contributed by atoms with Crippen LogP contribution in [0, 0.1) is 5.92 Å². The van der Waals surface area contributed by atoms with Gasteiger partial charge in [-0.3, -0.25) is 9.69 Å². The second-order valence-corrected chi connectivity index (χ2v) is 6.34. The Morgan fingerprint density at radius 2 is 2.05 bits per heavy atom. The van der Waals surface area contributed by atoms with Crippen LogP contribution in [-0.4, -0.2) is 37.0 Å². The first-order valence-electron chi connectivity index (χ1n) is 7.91. The molecular formula is C17H25ClN2O. The van der Waals surface area contributed by atoms with Crippen molar-refractivity contribution in [2.24, 2.45) is 5.92 Å². The molecule has 0 aromatic heterocycles. The summed E-state index contributed by atoms with van der Waals surface area (Å²) in [5.41, 5.74) is 1.20. The highest BCUT2D eigenvalue weighted by Crippen LogP contribution is 2.29. The second-order valence-electron chi connectivity index (χ2n) is 5.90. The normalized spacial score (nSPS) is 14.4. The van der Waals surface area contributed by atoms with Crippen LogP contribution in [0.4, 0.5) is 0 Å². The van der Waals surface area contributed by atoms with E-state index in [-0.39, 0.29) is 5.91 Å². The summed E-state index contributed by atoms with van der Waals surface area (Å²) in [6, 6.07) is 7.78. The second kappa shape index (κ2) is 8.40. The molecule has 3 nitrogen and oxygen atoms in total. The van der Waals surface area contributed by atoms with E-state index in [1.807, 2.05) is 24.3 Å². The molecule has 0 radical (unpaired) electrons. The van der Waals surface area contributed by atoms with Gasteiger partial charge < -0.3 is 5.32 Å². The molecule has 1 aromatic carbocycles. The van der Waals surface area contributed by atoms with E-state index in [0.29, 0.717) is 13.1 Å². The van der Waals surface area contributed by atoms with Gasteiger partial charge in [0.25, 0.3) is 0 Å². The van der Waals surface area contributed by atoms with Crippen LogP contribution < -0.4 is 5.32 Å². The predicted molar refractivity (Wildman–Crippen MR) is 87.6 cm³/mol. The van der Waals surface area contributed by atoms with Gasteiger partial charge in [-0.25, -0.2) is 0 Å². The van der Waals surface area contributed by atoms with Gasteiger partial charge in [-0.2, -0.15) is 0 Å². The van der Waals surface area contributed by atoms with Crippen molar-refractivity contribution in [3.05, 3.63) is 34.9 Å². The molecule has 0 heterocycles. The minimum atomic E-state index is 0.137. The van der Waals surface area contributed by atoms with Crippen molar-refractivity contribution in [2.75, 3.05) is 26.2 Å². The molecule has 1 amide bonds. The van der Waals surface area contributed by atoms with Crippen molar-refractivity contribution < 1.29 is 4.79 Å². The summed E-state index contributed by atoms with van der Waals surface area (Å²) < 4.78 is 0. The van der Waals surface area contributed by atoms with Crippen molar-refractivity contribution >= 4 is 17.5 Å². The number of nitrogens with zero attached hydrogens (tertiary/aromatic N) is 1. The van der Waals surface area contributed by atoms with E-state index in [1.54, 1.807) is 0 Å². The number of benzene rings is 1. The third-order valence-electron chi connectivity index (χ3n) is 3.77. The number of carbonyl (C=O) groups excluding carboxylic acids is 1. The smallest absolute Gasteiger partial charge is 0.234 e. The van der Waals surface area contributed by atoms with E-state index in [4.69, 9.17) is 11.6 Å². The summed E-state index contributed by atoms with van der Waals surface area (Å²) in [4.78, 5) is 14.3. The summed E-state index contributed by atoms with van der Waals surface area (Å²) >= 11 is 5.85. The highest BCUT2D eigenvalue weighted by molar-refractivity contribution is 6.30. The molecular weight excluding hydrogens is 284 g/mol. The van der Waals surface area contributed by atoms with Gasteiger partial charge in [-0.1, -0.05) is 30.7 Å². The number of hydrogen-bond donors (Lipinski definition) is 1. The van der Waals surface area contributed by atoms with E-state index in [2.05, 4.69) is 17.1 Å². The molecule has 0 saturated heterocycles. The Bertz CT molecular complexity index is 443. The fourth-order valence-corrected chi connectivity index (χ4v) is 2.60. The zero-order chi connectivity index (χ0) is 15.1. The summed E-state index contributed by atoms with van der Waals surface area (Å²) in [5.74, 6) is 0.969. The average Bonchev–Trinajstić information content (AvgIpc) is 3.25. The lowest BCUT2D eigenvalue weighted by Gasteiger charge is -2.20. The highest BCUT2D eigenvalue weighted by atomic mass is 35.5. The Balaban J connectivity index is 1.66. The summed E-state index contributed by atoms with van der Waals surface area (Å²) in [6.07, 6.45) is 4.61. The molecule has 1 saturated carbocycles. The van der Waals surface area contributed by atoms with Crippen LogP contribution >= 0.6 is 11.6 Å². The number of halogens is 1. The van der Waals surface area contributed by atoms with Gasteiger partial charge >= 0.3 is 0 Å².